The maximum atomic E-state index is 12.2. The molecule has 0 amide bonds. The van der Waals surface area contributed by atoms with Crippen LogP contribution in [0.3, 0.4) is 0 Å². The van der Waals surface area contributed by atoms with Crippen LogP contribution >= 0.6 is 0 Å². The van der Waals surface area contributed by atoms with Crippen LogP contribution in [0.5, 0.6) is 0 Å². The molecule has 4 heterocycles. The van der Waals surface area contributed by atoms with Crippen LogP contribution in [-0.4, -0.2) is 48.8 Å². The molecule has 0 unspecified atom stereocenters. The Morgan fingerprint density at radius 2 is 1.85 bits per heavy atom. The maximum absolute atomic E-state index is 12.2. The molecule has 0 bridgehead atoms. The fourth-order valence-electron chi connectivity index (χ4n) is 5.02. The zero-order valence-electron chi connectivity index (χ0n) is 20.2. The molecule has 176 valence electrons. The van der Waals surface area contributed by atoms with E-state index in [1.54, 1.807) is 7.05 Å². The third-order valence-corrected chi connectivity index (χ3v) is 6.86. The van der Waals surface area contributed by atoms with Crippen molar-refractivity contribution in [1.82, 2.24) is 29.2 Å². The largest absolute Gasteiger partial charge is 0.318 e. The van der Waals surface area contributed by atoms with E-state index < -0.39 is 0 Å². The molecular weight excluding hydrogens is 424 g/mol. The number of nitrogens with zero attached hydrogens (tertiary/aromatic N) is 6. The van der Waals surface area contributed by atoms with Gasteiger partial charge in [0.15, 0.2) is 5.82 Å². The fraction of sp³-hybridized carbons (Fsp3) is 0.407. The SMILES string of the molecule is CCCN1CCC(c2cc3c(cn2)nc(-c2cc(C)c(=O)n(C)n2)n3Cc2ccccc2)CC1. The van der Waals surface area contributed by atoms with E-state index in [0.717, 1.165) is 48.5 Å². The summed E-state index contributed by atoms with van der Waals surface area (Å²) in [6, 6.07) is 14.5. The highest BCUT2D eigenvalue weighted by Gasteiger charge is 2.23. The van der Waals surface area contributed by atoms with Crippen molar-refractivity contribution in [2.24, 2.45) is 7.05 Å². The molecular formula is C27H32N6O. The molecule has 7 heteroatoms. The van der Waals surface area contributed by atoms with Gasteiger partial charge in [-0.3, -0.25) is 9.78 Å². The molecule has 34 heavy (non-hydrogen) atoms. The van der Waals surface area contributed by atoms with Gasteiger partial charge in [-0.1, -0.05) is 37.3 Å². The summed E-state index contributed by atoms with van der Waals surface area (Å²) in [5, 5.41) is 4.53. The lowest BCUT2D eigenvalue weighted by Crippen LogP contribution is -2.33. The number of benzene rings is 1. The lowest BCUT2D eigenvalue weighted by atomic mass is 9.93. The first kappa shape index (κ1) is 22.5. The molecule has 0 radical (unpaired) electrons. The summed E-state index contributed by atoms with van der Waals surface area (Å²) in [6.07, 6.45) is 5.39. The first-order valence-corrected chi connectivity index (χ1v) is 12.2. The number of rotatable bonds is 6. The number of hydrogen-bond acceptors (Lipinski definition) is 5. The Hall–Kier alpha value is -3.32. The van der Waals surface area contributed by atoms with Crippen molar-refractivity contribution in [1.29, 1.82) is 0 Å². The van der Waals surface area contributed by atoms with Crippen molar-refractivity contribution in [3.63, 3.8) is 0 Å². The van der Waals surface area contributed by atoms with Crippen LogP contribution < -0.4 is 5.56 Å². The number of piperidine rings is 1. The van der Waals surface area contributed by atoms with Gasteiger partial charge < -0.3 is 9.47 Å². The van der Waals surface area contributed by atoms with Gasteiger partial charge in [0.1, 0.15) is 11.2 Å². The minimum atomic E-state index is -0.0900. The van der Waals surface area contributed by atoms with Crippen LogP contribution in [0.25, 0.3) is 22.6 Å². The molecule has 0 saturated carbocycles. The number of fused-ring (bicyclic) bond motifs is 1. The summed E-state index contributed by atoms with van der Waals surface area (Å²) in [5.74, 6) is 1.23. The molecule has 5 rings (SSSR count). The van der Waals surface area contributed by atoms with E-state index in [1.165, 1.54) is 23.2 Å². The van der Waals surface area contributed by atoms with Gasteiger partial charge in [0.25, 0.3) is 5.56 Å². The zero-order valence-corrected chi connectivity index (χ0v) is 20.2. The molecule has 1 fully saturated rings. The van der Waals surface area contributed by atoms with E-state index in [4.69, 9.17) is 9.97 Å². The van der Waals surface area contributed by atoms with E-state index in [-0.39, 0.29) is 5.56 Å². The van der Waals surface area contributed by atoms with Crippen molar-refractivity contribution in [3.8, 4) is 11.5 Å². The quantitative estimate of drug-likeness (QED) is 0.436. The van der Waals surface area contributed by atoms with Crippen molar-refractivity contribution in [2.45, 2.75) is 45.6 Å². The number of imidazole rings is 1. The van der Waals surface area contributed by atoms with Crippen molar-refractivity contribution >= 4 is 11.0 Å². The van der Waals surface area contributed by atoms with Crippen LogP contribution in [0.2, 0.25) is 0 Å². The number of likely N-dealkylation sites (tertiary alicyclic amines) is 1. The van der Waals surface area contributed by atoms with Gasteiger partial charge in [0.05, 0.1) is 11.7 Å². The average molecular weight is 457 g/mol. The second-order valence-electron chi connectivity index (χ2n) is 9.36. The molecule has 1 aliphatic rings. The first-order valence-electron chi connectivity index (χ1n) is 12.2. The molecule has 4 aromatic rings. The smallest absolute Gasteiger partial charge is 0.269 e. The summed E-state index contributed by atoms with van der Waals surface area (Å²) in [6.45, 7) is 8.19. The maximum Gasteiger partial charge on any atom is 0.269 e. The van der Waals surface area contributed by atoms with Crippen LogP contribution in [-0.2, 0) is 13.6 Å². The molecule has 1 saturated heterocycles. The number of aryl methyl sites for hydroxylation is 2. The Bertz CT molecular complexity index is 1320. The third-order valence-electron chi connectivity index (χ3n) is 6.86. The van der Waals surface area contributed by atoms with Crippen LogP contribution in [0, 0.1) is 6.92 Å². The Balaban J connectivity index is 1.58. The summed E-state index contributed by atoms with van der Waals surface area (Å²) < 4.78 is 3.61. The van der Waals surface area contributed by atoms with Gasteiger partial charge in [-0.15, -0.1) is 0 Å². The lowest BCUT2D eigenvalue weighted by molar-refractivity contribution is 0.211. The highest BCUT2D eigenvalue weighted by molar-refractivity contribution is 5.80. The Kier molecular flexibility index (Phi) is 6.28. The topological polar surface area (TPSA) is 68.8 Å². The average Bonchev–Trinajstić information content (AvgIpc) is 3.21. The van der Waals surface area contributed by atoms with Gasteiger partial charge in [-0.05, 0) is 63.5 Å². The normalized spacial score (nSPS) is 15.3. The van der Waals surface area contributed by atoms with Crippen molar-refractivity contribution in [3.05, 3.63) is 75.8 Å². The minimum Gasteiger partial charge on any atom is -0.318 e. The monoisotopic (exact) mass is 456 g/mol. The molecule has 1 aliphatic heterocycles. The molecule has 0 aliphatic carbocycles. The van der Waals surface area contributed by atoms with Gasteiger partial charge >= 0.3 is 0 Å². The van der Waals surface area contributed by atoms with Gasteiger partial charge in [-0.25, -0.2) is 9.67 Å². The first-order chi connectivity index (χ1) is 16.5. The summed E-state index contributed by atoms with van der Waals surface area (Å²) >= 11 is 0. The summed E-state index contributed by atoms with van der Waals surface area (Å²) in [4.78, 5) is 24.6. The summed E-state index contributed by atoms with van der Waals surface area (Å²) in [5.41, 5.74) is 5.52. The predicted octanol–water partition coefficient (Wildman–Crippen LogP) is 4.14. The van der Waals surface area contributed by atoms with Crippen molar-refractivity contribution < 1.29 is 0 Å². The number of pyridine rings is 1. The Labute approximate surface area is 200 Å². The molecule has 1 aromatic carbocycles. The van der Waals surface area contributed by atoms with Gasteiger partial charge in [-0.2, -0.15) is 5.10 Å². The molecule has 3 aromatic heterocycles. The zero-order chi connectivity index (χ0) is 23.7. The Morgan fingerprint density at radius 3 is 2.56 bits per heavy atom. The van der Waals surface area contributed by atoms with Crippen molar-refractivity contribution in [2.75, 3.05) is 19.6 Å². The van der Waals surface area contributed by atoms with Gasteiger partial charge in [0.2, 0.25) is 0 Å². The van der Waals surface area contributed by atoms with Crippen LogP contribution in [0.1, 0.15) is 48.9 Å². The second kappa shape index (κ2) is 9.50. The highest BCUT2D eigenvalue weighted by atomic mass is 16.1. The predicted molar refractivity (Wildman–Crippen MR) is 135 cm³/mol. The van der Waals surface area contributed by atoms with E-state index in [1.807, 2.05) is 25.3 Å². The molecule has 7 nitrogen and oxygen atoms in total. The van der Waals surface area contributed by atoms with Crippen LogP contribution in [0.15, 0.2) is 53.5 Å². The van der Waals surface area contributed by atoms with Crippen LogP contribution in [0.4, 0.5) is 0 Å². The van der Waals surface area contributed by atoms with Gasteiger partial charge in [0, 0.05) is 30.8 Å². The third kappa shape index (κ3) is 4.40. The molecule has 0 N–H and O–H groups in total. The minimum absolute atomic E-state index is 0.0900. The summed E-state index contributed by atoms with van der Waals surface area (Å²) in [7, 11) is 1.69. The fourth-order valence-corrected chi connectivity index (χ4v) is 5.02. The lowest BCUT2D eigenvalue weighted by Gasteiger charge is -2.31. The van der Waals surface area contributed by atoms with E-state index in [2.05, 4.69) is 51.8 Å². The standard InChI is InChI=1S/C27H32N6O/c1-4-12-32-13-10-21(11-14-32)22-16-25-24(17-28-22)29-26(23-15-19(2)27(34)31(3)30-23)33(25)18-20-8-6-5-7-9-20/h5-9,15-17,21H,4,10-14,18H2,1-3H3. The molecule has 0 spiro atoms. The molecule has 0 atom stereocenters. The highest BCUT2D eigenvalue weighted by Crippen LogP contribution is 2.31. The van der Waals surface area contributed by atoms with E-state index in [9.17, 15) is 4.79 Å². The second-order valence-corrected chi connectivity index (χ2v) is 9.36. The number of hydrogen-bond donors (Lipinski definition) is 0. The Morgan fingerprint density at radius 1 is 1.09 bits per heavy atom. The van der Waals surface area contributed by atoms with E-state index in [0.29, 0.717) is 23.7 Å². The number of aromatic nitrogens is 5. The van der Waals surface area contributed by atoms with E-state index >= 15 is 0 Å².